The summed E-state index contributed by atoms with van der Waals surface area (Å²) < 4.78 is 0. The Kier molecular flexibility index (Phi) is 4.40. The van der Waals surface area contributed by atoms with E-state index in [1.165, 1.54) is 16.7 Å². The molecule has 0 aromatic rings. The van der Waals surface area contributed by atoms with Gasteiger partial charge in [-0.1, -0.05) is 0 Å². The first-order chi connectivity index (χ1) is 8.93. The fourth-order valence-corrected chi connectivity index (χ4v) is 4.37. The first kappa shape index (κ1) is 14.7. The Morgan fingerprint density at radius 3 is 2.37 bits per heavy atom. The van der Waals surface area contributed by atoms with Gasteiger partial charge >= 0.3 is 5.97 Å². The van der Waals surface area contributed by atoms with Crippen molar-refractivity contribution in [3.8, 4) is 0 Å². The molecule has 0 aromatic heterocycles. The molecule has 2 heterocycles. The zero-order chi connectivity index (χ0) is 14.2. The van der Waals surface area contributed by atoms with Crippen LogP contribution in [0.25, 0.3) is 0 Å². The molecule has 0 saturated carbocycles. The highest BCUT2D eigenvalue weighted by atomic mass is 32.2. The van der Waals surface area contributed by atoms with Crippen molar-refractivity contribution in [2.75, 3.05) is 11.6 Å². The fraction of sp³-hybridized carbons (Fsp3) is 0.846. The molecule has 19 heavy (non-hydrogen) atoms. The molecule has 0 radical (unpaired) electrons. The summed E-state index contributed by atoms with van der Waals surface area (Å²) >= 11 is 1.51. The van der Waals surface area contributed by atoms with Gasteiger partial charge in [-0.3, -0.25) is 9.69 Å². The summed E-state index contributed by atoms with van der Waals surface area (Å²) in [5.74, 6) is 0.0569. The first-order valence-corrected chi connectivity index (χ1v) is 7.97. The summed E-state index contributed by atoms with van der Waals surface area (Å²) in [5, 5.41) is 9.16. The Morgan fingerprint density at radius 1 is 1.26 bits per heavy atom. The number of carboxylic acids is 1. The number of hydrogen-bond donors (Lipinski definition) is 1. The number of amides is 1. The van der Waals surface area contributed by atoms with E-state index in [4.69, 9.17) is 5.11 Å². The van der Waals surface area contributed by atoms with Crippen molar-refractivity contribution < 1.29 is 14.7 Å². The summed E-state index contributed by atoms with van der Waals surface area (Å²) in [6, 6.07) is -0.0961. The van der Waals surface area contributed by atoms with Crippen LogP contribution >= 0.6 is 11.8 Å². The minimum Gasteiger partial charge on any atom is -0.480 e. The quantitative estimate of drug-likeness (QED) is 0.845. The van der Waals surface area contributed by atoms with Crippen molar-refractivity contribution in [2.45, 2.75) is 57.8 Å². The molecule has 6 heteroatoms. The van der Waals surface area contributed by atoms with E-state index in [1.807, 2.05) is 6.92 Å². The molecule has 2 fully saturated rings. The topological polar surface area (TPSA) is 60.9 Å². The molecular formula is C13H22N2O3S. The molecule has 0 bridgehead atoms. The third kappa shape index (κ3) is 2.74. The maximum atomic E-state index is 12.5. The Hall–Kier alpha value is -0.750. The normalized spacial score (nSPS) is 33.6. The number of carbonyl (C=O) groups excluding carboxylic acids is 1. The van der Waals surface area contributed by atoms with Gasteiger partial charge in [0.2, 0.25) is 5.91 Å². The number of nitrogens with zero attached hydrogens (tertiary/aromatic N) is 2. The molecule has 0 aromatic carbocycles. The summed E-state index contributed by atoms with van der Waals surface area (Å²) in [7, 11) is 0. The van der Waals surface area contributed by atoms with Gasteiger partial charge in [0.25, 0.3) is 0 Å². The molecule has 4 atom stereocenters. The van der Waals surface area contributed by atoms with Crippen molar-refractivity contribution in [3.05, 3.63) is 0 Å². The molecule has 2 aliphatic rings. The second kappa shape index (κ2) is 5.71. The maximum Gasteiger partial charge on any atom is 0.327 e. The predicted molar refractivity (Wildman–Crippen MR) is 75.1 cm³/mol. The van der Waals surface area contributed by atoms with Crippen molar-refractivity contribution in [3.63, 3.8) is 0 Å². The van der Waals surface area contributed by atoms with Crippen LogP contribution in [-0.4, -0.2) is 62.6 Å². The number of carboxylic acid groups (broad SMARTS) is 1. The van der Waals surface area contributed by atoms with E-state index in [9.17, 15) is 9.59 Å². The smallest absolute Gasteiger partial charge is 0.327 e. The molecule has 2 rings (SSSR count). The molecule has 0 aliphatic carbocycles. The number of hydrogen-bond acceptors (Lipinski definition) is 4. The lowest BCUT2D eigenvalue weighted by atomic mass is 10.1. The Morgan fingerprint density at radius 2 is 1.84 bits per heavy atom. The largest absolute Gasteiger partial charge is 0.480 e. The van der Waals surface area contributed by atoms with E-state index in [0.29, 0.717) is 23.7 Å². The molecule has 2 saturated heterocycles. The van der Waals surface area contributed by atoms with Gasteiger partial charge in [0, 0.05) is 17.8 Å². The maximum absolute atomic E-state index is 12.5. The van der Waals surface area contributed by atoms with Gasteiger partial charge in [-0.15, -0.1) is 11.8 Å². The van der Waals surface area contributed by atoms with Crippen molar-refractivity contribution in [1.82, 2.24) is 9.80 Å². The van der Waals surface area contributed by atoms with Crippen LogP contribution in [0.1, 0.15) is 33.6 Å². The summed E-state index contributed by atoms with van der Waals surface area (Å²) in [6.07, 6.45) is 2.21. The number of aliphatic carboxylic acids is 1. The number of carbonyl (C=O) groups is 2. The van der Waals surface area contributed by atoms with Gasteiger partial charge in [-0.2, -0.15) is 0 Å². The van der Waals surface area contributed by atoms with E-state index in [1.54, 1.807) is 0 Å². The first-order valence-electron chi connectivity index (χ1n) is 6.82. The average molecular weight is 286 g/mol. The predicted octanol–water partition coefficient (Wildman–Crippen LogP) is 1.23. The van der Waals surface area contributed by atoms with Gasteiger partial charge in [0.15, 0.2) is 0 Å². The second-order valence-electron chi connectivity index (χ2n) is 5.56. The van der Waals surface area contributed by atoms with Gasteiger partial charge in [-0.25, -0.2) is 4.79 Å². The molecule has 2 aliphatic heterocycles. The molecule has 4 unspecified atom stereocenters. The van der Waals surface area contributed by atoms with Crippen LogP contribution in [0.2, 0.25) is 0 Å². The Balaban J connectivity index is 2.08. The molecule has 1 N–H and O–H groups in total. The molecule has 5 nitrogen and oxygen atoms in total. The van der Waals surface area contributed by atoms with Gasteiger partial charge in [-0.05, 0) is 33.6 Å². The lowest BCUT2D eigenvalue weighted by molar-refractivity contribution is -0.150. The number of rotatable bonds is 3. The van der Waals surface area contributed by atoms with Gasteiger partial charge in [0.05, 0.1) is 11.9 Å². The molecule has 108 valence electrons. The van der Waals surface area contributed by atoms with Crippen LogP contribution in [0, 0.1) is 0 Å². The van der Waals surface area contributed by atoms with Crippen molar-refractivity contribution in [2.24, 2.45) is 0 Å². The van der Waals surface area contributed by atoms with Crippen LogP contribution in [-0.2, 0) is 9.59 Å². The second-order valence-corrected chi connectivity index (χ2v) is 6.56. The van der Waals surface area contributed by atoms with Crippen LogP contribution in [0.5, 0.6) is 0 Å². The Labute approximate surface area is 118 Å². The minimum atomic E-state index is -0.895. The van der Waals surface area contributed by atoms with Crippen molar-refractivity contribution in [1.29, 1.82) is 0 Å². The number of thioether (sulfide) groups is 1. The lowest BCUT2D eigenvalue weighted by Crippen LogP contribution is -2.53. The highest BCUT2D eigenvalue weighted by Gasteiger charge is 2.41. The van der Waals surface area contributed by atoms with Crippen molar-refractivity contribution >= 4 is 23.6 Å². The van der Waals surface area contributed by atoms with Crippen LogP contribution < -0.4 is 0 Å². The monoisotopic (exact) mass is 286 g/mol. The molecule has 1 amide bonds. The summed E-state index contributed by atoms with van der Waals surface area (Å²) in [4.78, 5) is 27.5. The van der Waals surface area contributed by atoms with Crippen LogP contribution in [0.15, 0.2) is 0 Å². The van der Waals surface area contributed by atoms with Crippen LogP contribution in [0.4, 0.5) is 0 Å². The van der Waals surface area contributed by atoms with E-state index >= 15 is 0 Å². The highest BCUT2D eigenvalue weighted by Crippen LogP contribution is 2.29. The van der Waals surface area contributed by atoms with E-state index in [0.717, 1.165) is 12.8 Å². The zero-order valence-electron chi connectivity index (χ0n) is 11.7. The van der Waals surface area contributed by atoms with E-state index in [2.05, 4.69) is 18.7 Å². The zero-order valence-corrected chi connectivity index (χ0v) is 12.5. The highest BCUT2D eigenvalue weighted by molar-refractivity contribution is 7.99. The molecule has 0 spiro atoms. The minimum absolute atomic E-state index is 0.0435. The van der Waals surface area contributed by atoms with E-state index in [-0.39, 0.29) is 11.9 Å². The SMILES string of the molecule is CC1CCC(C)N1C(C)C(=O)N1CSCC1C(=O)O. The lowest BCUT2D eigenvalue weighted by Gasteiger charge is -2.34. The van der Waals surface area contributed by atoms with Crippen LogP contribution in [0.3, 0.4) is 0 Å². The van der Waals surface area contributed by atoms with Gasteiger partial charge < -0.3 is 10.0 Å². The molecular weight excluding hydrogens is 264 g/mol. The van der Waals surface area contributed by atoms with Gasteiger partial charge in [0.1, 0.15) is 6.04 Å². The summed E-state index contributed by atoms with van der Waals surface area (Å²) in [6.45, 7) is 6.18. The standard InChI is InChI=1S/C13H22N2O3S/c1-8-4-5-9(2)15(8)10(3)12(16)14-7-19-6-11(14)13(17)18/h8-11H,4-7H2,1-3H3,(H,17,18). The third-order valence-corrected chi connectivity index (χ3v) is 5.29. The third-order valence-electron chi connectivity index (χ3n) is 4.28. The summed E-state index contributed by atoms with van der Waals surface area (Å²) in [5.41, 5.74) is 0. The number of likely N-dealkylation sites (tertiary alicyclic amines) is 1. The Bertz CT molecular complexity index is 367. The van der Waals surface area contributed by atoms with E-state index < -0.39 is 12.0 Å². The fourth-order valence-electron chi connectivity index (χ4n) is 3.21. The average Bonchev–Trinajstić information content (AvgIpc) is 2.95.